The topological polar surface area (TPSA) is 0 Å². The van der Waals surface area contributed by atoms with E-state index < -0.39 is 40.4 Å². The molecule has 0 aliphatic rings. The molecule has 0 atom stereocenters. The van der Waals surface area contributed by atoms with Gasteiger partial charge in [0, 0.05) is 65.4 Å². The summed E-state index contributed by atoms with van der Waals surface area (Å²) in [5.41, 5.74) is 0. The van der Waals surface area contributed by atoms with Gasteiger partial charge in [-0.05, 0) is 0 Å². The largest absolute Gasteiger partial charge is 3.00 e. The Bertz CT molecular complexity index is 179. The quantitative estimate of drug-likeness (QED) is 0.176. The van der Waals surface area contributed by atoms with Crippen LogP contribution in [0.3, 0.4) is 0 Å². The molecule has 0 heterocycles. The van der Waals surface area contributed by atoms with Crippen molar-refractivity contribution < 1.29 is 98.1 Å². The fourth-order valence-electron chi connectivity index (χ4n) is 0. The van der Waals surface area contributed by atoms with Gasteiger partial charge in [-0.15, -0.1) is 40.4 Å². The van der Waals surface area contributed by atoms with Gasteiger partial charge in [-0.25, -0.2) is 0 Å². The number of hydrogen-bond acceptors (Lipinski definition) is 0. The Morgan fingerprint density at radius 2 is 0.286 bits per heavy atom. The molecule has 8 heteroatoms. The van der Waals surface area contributed by atoms with Crippen LogP contribution in [0, 0.1) is 32.7 Å². The maximum Gasteiger partial charge on any atom is 3.00 e. The van der Waals surface area contributed by atoms with Crippen LogP contribution in [0.1, 0.15) is 0 Å². The van der Waals surface area contributed by atoms with Crippen LogP contribution in [0.25, 0.3) is 0 Å². The summed E-state index contributed by atoms with van der Waals surface area (Å²) in [5, 5.41) is 0. The van der Waals surface area contributed by atoms with Crippen molar-refractivity contribution in [2.24, 2.45) is 0 Å². The van der Waals surface area contributed by atoms with E-state index in [-0.39, 0.29) is 98.1 Å². The van der Waals surface area contributed by atoms with Gasteiger partial charge in [-0.2, -0.15) is 0 Å². The Hall–Kier alpha value is 4.40. The van der Waals surface area contributed by atoms with E-state index in [0.29, 0.717) is 0 Å². The SMILES string of the molecule is [CH2-][Si](C)(C)C.[CH2-][Si](C)(C)C.[CH2-][Si](C)(C)C.[CH2-][Si](C)(C)C.[CH2-][Si](C)(C)C.[Y+3].[Y].[Y]. The third-order valence-electron chi connectivity index (χ3n) is 0. The van der Waals surface area contributed by atoms with Crippen LogP contribution < -0.4 is 0 Å². The Balaban J connectivity index is -0.0000000290. The standard InChI is InChI=1S/5C4H11Si.3Y/c5*1-5(2,3)4;;;/h5*1H2,2-4H3;;;/q5*-1;;;+3. The molecule has 0 saturated carbocycles. The van der Waals surface area contributed by atoms with E-state index in [4.69, 9.17) is 0 Å². The zero-order chi connectivity index (χ0) is 22.5. The molecule has 0 spiro atoms. The first kappa shape index (κ1) is 53.7. The molecule has 0 saturated heterocycles. The zero-order valence-electron chi connectivity index (χ0n) is 22.8. The monoisotopic (exact) mass is 702 g/mol. The van der Waals surface area contributed by atoms with Gasteiger partial charge in [-0.1, -0.05) is 98.2 Å². The van der Waals surface area contributed by atoms with E-state index in [1.807, 2.05) is 0 Å². The van der Waals surface area contributed by atoms with Crippen LogP contribution in [0.4, 0.5) is 0 Å². The van der Waals surface area contributed by atoms with Gasteiger partial charge in [0.25, 0.3) is 0 Å². The molecule has 0 bridgehead atoms. The van der Waals surface area contributed by atoms with Crippen molar-refractivity contribution in [3.05, 3.63) is 32.7 Å². The summed E-state index contributed by atoms with van der Waals surface area (Å²) in [6.45, 7) is 52.8. The second-order valence-electron chi connectivity index (χ2n) is 12.8. The molecule has 0 aromatic rings. The van der Waals surface area contributed by atoms with Gasteiger partial charge in [0.2, 0.25) is 0 Å². The van der Waals surface area contributed by atoms with Crippen LogP contribution in [-0.4, -0.2) is 40.4 Å². The predicted octanol–water partition coefficient (Wildman–Crippen LogP) is 8.48. The molecule has 0 aliphatic carbocycles. The van der Waals surface area contributed by atoms with Gasteiger partial charge in [-0.3, -0.25) is 0 Å². The van der Waals surface area contributed by atoms with E-state index >= 15 is 0 Å². The summed E-state index contributed by atoms with van der Waals surface area (Å²) in [7, 11) is -4.31. The molecule has 28 heavy (non-hydrogen) atoms. The van der Waals surface area contributed by atoms with Crippen LogP contribution in [0.2, 0.25) is 98.2 Å². The van der Waals surface area contributed by atoms with Gasteiger partial charge in [0.15, 0.2) is 0 Å². The molecule has 0 aromatic heterocycles. The Morgan fingerprint density at radius 1 is 0.286 bits per heavy atom. The fourth-order valence-corrected chi connectivity index (χ4v) is 0. The average molecular weight is 703 g/mol. The first-order valence-electron chi connectivity index (χ1n) is 9.27. The van der Waals surface area contributed by atoms with Crippen molar-refractivity contribution in [2.45, 2.75) is 98.2 Å². The minimum atomic E-state index is -0.861. The fraction of sp³-hybridized carbons (Fsp3) is 0.750. The summed E-state index contributed by atoms with van der Waals surface area (Å²) in [5.74, 6) is 0. The molecule has 0 N–H and O–H groups in total. The molecule has 0 aromatic carbocycles. The summed E-state index contributed by atoms with van der Waals surface area (Å²) in [6, 6.07) is 0. The smallest absolute Gasteiger partial charge is 0.342 e. The first-order chi connectivity index (χ1) is 10.0. The Kier molecular flexibility index (Phi) is 47.0. The molecule has 0 unspecified atom stereocenters. The molecular weight excluding hydrogens is 647 g/mol. The normalized spacial score (nSPS) is 10.7. The predicted molar refractivity (Wildman–Crippen MR) is 144 cm³/mol. The Morgan fingerprint density at radius 3 is 0.286 bits per heavy atom. The van der Waals surface area contributed by atoms with Crippen molar-refractivity contribution >= 4 is 40.4 Å². The third kappa shape index (κ3) is 1360. The van der Waals surface area contributed by atoms with Crippen molar-refractivity contribution in [3.63, 3.8) is 0 Å². The maximum absolute atomic E-state index is 3.91. The minimum Gasteiger partial charge on any atom is -0.342 e. The molecule has 166 valence electrons. The van der Waals surface area contributed by atoms with Crippen LogP contribution in [-0.2, 0) is 98.1 Å². The maximum atomic E-state index is 3.91. The summed E-state index contributed by atoms with van der Waals surface area (Å²) < 4.78 is 0. The Labute approximate surface area is 265 Å². The van der Waals surface area contributed by atoms with Gasteiger partial charge >= 0.3 is 32.7 Å². The zero-order valence-corrected chi connectivity index (χ0v) is 36.3. The summed E-state index contributed by atoms with van der Waals surface area (Å²) in [6.07, 6.45) is 0. The molecule has 0 nitrogen and oxygen atoms in total. The van der Waals surface area contributed by atoms with Crippen molar-refractivity contribution in [1.82, 2.24) is 0 Å². The van der Waals surface area contributed by atoms with Crippen molar-refractivity contribution in [3.8, 4) is 0 Å². The molecule has 0 fully saturated rings. The first-order valence-corrected chi connectivity index (χ1v) is 27.8. The van der Waals surface area contributed by atoms with Gasteiger partial charge in [0.1, 0.15) is 0 Å². The van der Waals surface area contributed by atoms with Crippen LogP contribution in [0.5, 0.6) is 0 Å². The van der Waals surface area contributed by atoms with E-state index in [1.54, 1.807) is 0 Å². The van der Waals surface area contributed by atoms with Crippen LogP contribution in [0.15, 0.2) is 0 Å². The third-order valence-corrected chi connectivity index (χ3v) is 0. The van der Waals surface area contributed by atoms with E-state index in [2.05, 4.69) is 131 Å². The second-order valence-corrected chi connectivity index (χ2v) is 38.4. The van der Waals surface area contributed by atoms with E-state index in [0.717, 1.165) is 0 Å². The molecule has 0 rings (SSSR count). The summed E-state index contributed by atoms with van der Waals surface area (Å²) in [4.78, 5) is 0. The molecule has 0 amide bonds. The summed E-state index contributed by atoms with van der Waals surface area (Å²) >= 11 is 0. The molecule has 2 radical (unpaired) electrons. The van der Waals surface area contributed by atoms with Crippen molar-refractivity contribution in [2.75, 3.05) is 0 Å². The van der Waals surface area contributed by atoms with E-state index in [1.165, 1.54) is 0 Å². The number of rotatable bonds is 0. The van der Waals surface area contributed by atoms with Gasteiger partial charge < -0.3 is 32.7 Å². The van der Waals surface area contributed by atoms with Gasteiger partial charge in [0.05, 0.1) is 0 Å². The molecule has 0 aliphatic heterocycles. The average Bonchev–Trinajstić information content (AvgIpc) is 1.79. The van der Waals surface area contributed by atoms with E-state index in [9.17, 15) is 0 Å². The second kappa shape index (κ2) is 24.5. The van der Waals surface area contributed by atoms with Crippen LogP contribution >= 0.6 is 0 Å². The number of hydrogen-bond donors (Lipinski definition) is 0. The molecular formula is C20H55Si5Y3-2. The van der Waals surface area contributed by atoms with Crippen molar-refractivity contribution in [1.29, 1.82) is 0 Å². The minimum absolute atomic E-state index is 0.